The van der Waals surface area contributed by atoms with Gasteiger partial charge in [0.05, 0.1) is 20.8 Å². The molecule has 0 aliphatic rings. The molecule has 3 rings (SSSR count). The fraction of sp³-hybridized carbons (Fsp3) is 0.238. The number of rotatable bonds is 7. The second-order valence-electron chi connectivity index (χ2n) is 5.90. The second kappa shape index (κ2) is 9.45. The highest BCUT2D eigenvalue weighted by Gasteiger charge is 2.08. The minimum Gasteiger partial charge on any atom is -0.493 e. The molecule has 0 bridgehead atoms. The van der Waals surface area contributed by atoms with E-state index in [1.165, 1.54) is 0 Å². The third-order valence-corrected chi connectivity index (χ3v) is 3.96. The van der Waals surface area contributed by atoms with Crippen molar-refractivity contribution in [2.24, 2.45) is 4.99 Å². The lowest BCUT2D eigenvalue weighted by Crippen LogP contribution is -2.30. The monoisotopic (exact) mass is 380 g/mol. The van der Waals surface area contributed by atoms with Crippen LogP contribution in [0.15, 0.2) is 64.2 Å². The van der Waals surface area contributed by atoms with Crippen molar-refractivity contribution in [2.45, 2.75) is 13.5 Å². The predicted octanol–water partition coefficient (Wildman–Crippen LogP) is 3.94. The third kappa shape index (κ3) is 4.82. The van der Waals surface area contributed by atoms with E-state index in [2.05, 4.69) is 20.6 Å². The number of oxazole rings is 1. The second-order valence-corrected chi connectivity index (χ2v) is 5.90. The lowest BCUT2D eigenvalue weighted by atomic mass is 10.2. The molecule has 0 amide bonds. The molecule has 2 N–H and O–H groups in total. The molecule has 0 saturated carbocycles. The number of nitrogens with one attached hydrogen (secondary N) is 2. The molecule has 2 aromatic carbocycles. The minimum atomic E-state index is 0.388. The largest absolute Gasteiger partial charge is 0.493 e. The molecule has 0 aliphatic carbocycles. The average molecular weight is 380 g/mol. The number of hydrogen-bond donors (Lipinski definition) is 2. The summed E-state index contributed by atoms with van der Waals surface area (Å²) >= 11 is 0. The van der Waals surface area contributed by atoms with Crippen LogP contribution in [-0.2, 0) is 6.54 Å². The number of nitrogens with zero attached hydrogens (tertiary/aromatic N) is 2. The number of benzene rings is 2. The van der Waals surface area contributed by atoms with E-state index in [-0.39, 0.29) is 0 Å². The molecule has 7 heteroatoms. The molecular weight excluding hydrogens is 356 g/mol. The molecule has 0 atom stereocenters. The van der Waals surface area contributed by atoms with Gasteiger partial charge < -0.3 is 24.5 Å². The first kappa shape index (κ1) is 19.3. The van der Waals surface area contributed by atoms with Crippen LogP contribution in [0, 0.1) is 0 Å². The number of hydrogen-bond acceptors (Lipinski definition) is 5. The van der Waals surface area contributed by atoms with E-state index in [1.807, 2.05) is 55.5 Å². The molecule has 3 aromatic rings. The first-order valence-corrected chi connectivity index (χ1v) is 9.00. The van der Waals surface area contributed by atoms with Gasteiger partial charge in [-0.05, 0) is 31.2 Å². The molecule has 0 radical (unpaired) electrons. The number of aromatic nitrogens is 1. The van der Waals surface area contributed by atoms with Gasteiger partial charge in [-0.1, -0.05) is 18.2 Å². The van der Waals surface area contributed by atoms with E-state index in [0.717, 1.165) is 23.5 Å². The van der Waals surface area contributed by atoms with Crippen molar-refractivity contribution in [1.82, 2.24) is 10.3 Å². The highest BCUT2D eigenvalue weighted by Crippen LogP contribution is 2.29. The average Bonchev–Trinajstić information content (AvgIpc) is 3.22. The number of guanidine groups is 1. The Hall–Kier alpha value is -3.48. The lowest BCUT2D eigenvalue weighted by Gasteiger charge is -2.13. The number of aliphatic imine (C=N–C) groups is 1. The molecule has 28 heavy (non-hydrogen) atoms. The van der Waals surface area contributed by atoms with Crippen LogP contribution in [0.5, 0.6) is 11.5 Å². The van der Waals surface area contributed by atoms with Crippen molar-refractivity contribution < 1.29 is 13.9 Å². The Labute approximate surface area is 164 Å². The van der Waals surface area contributed by atoms with Crippen molar-refractivity contribution in [3.63, 3.8) is 0 Å². The van der Waals surface area contributed by atoms with E-state index in [9.17, 15) is 0 Å². The summed E-state index contributed by atoms with van der Waals surface area (Å²) in [4.78, 5) is 9.09. The van der Waals surface area contributed by atoms with Crippen LogP contribution in [0.1, 0.15) is 12.6 Å². The first-order chi connectivity index (χ1) is 13.7. The molecule has 0 spiro atoms. The maximum atomic E-state index is 5.57. The standard InChI is InChI=1S/C21H24N4O3/c1-4-22-21(25-16-10-11-18(26-2)19(12-16)27-3)23-13-17-14-28-20(24-17)15-8-6-5-7-9-15/h5-12,14H,4,13H2,1-3H3,(H2,22,23,25). The number of ether oxygens (including phenoxy) is 2. The van der Waals surface area contributed by atoms with Gasteiger partial charge in [0.2, 0.25) is 5.89 Å². The van der Waals surface area contributed by atoms with Crippen LogP contribution >= 0.6 is 0 Å². The number of anilines is 1. The topological polar surface area (TPSA) is 80.9 Å². The van der Waals surface area contributed by atoms with Crippen LogP contribution < -0.4 is 20.1 Å². The van der Waals surface area contributed by atoms with Gasteiger partial charge in [-0.15, -0.1) is 0 Å². The van der Waals surface area contributed by atoms with Crippen molar-refractivity contribution in [3.05, 3.63) is 60.5 Å². The van der Waals surface area contributed by atoms with E-state index >= 15 is 0 Å². The van der Waals surface area contributed by atoms with Gasteiger partial charge in [-0.25, -0.2) is 9.98 Å². The van der Waals surface area contributed by atoms with Crippen molar-refractivity contribution in [3.8, 4) is 23.0 Å². The molecule has 0 fully saturated rings. The molecule has 1 aromatic heterocycles. The smallest absolute Gasteiger partial charge is 0.226 e. The Morgan fingerprint density at radius 1 is 1.07 bits per heavy atom. The summed E-state index contributed by atoms with van der Waals surface area (Å²) in [6, 6.07) is 15.4. The Balaban J connectivity index is 1.72. The van der Waals surface area contributed by atoms with Crippen LogP contribution in [0.25, 0.3) is 11.5 Å². The molecule has 1 heterocycles. The molecule has 0 unspecified atom stereocenters. The molecule has 146 valence electrons. The van der Waals surface area contributed by atoms with Crippen LogP contribution in [0.4, 0.5) is 5.69 Å². The number of methoxy groups -OCH3 is 2. The summed E-state index contributed by atoms with van der Waals surface area (Å²) in [6.07, 6.45) is 1.63. The SMILES string of the molecule is CCNC(=NCc1coc(-c2ccccc2)n1)Nc1ccc(OC)c(OC)c1. The van der Waals surface area contributed by atoms with Gasteiger partial charge >= 0.3 is 0 Å². The van der Waals surface area contributed by atoms with Crippen LogP contribution in [0.2, 0.25) is 0 Å². The molecule has 7 nitrogen and oxygen atoms in total. The fourth-order valence-corrected chi connectivity index (χ4v) is 2.61. The zero-order valence-electron chi connectivity index (χ0n) is 16.2. The minimum absolute atomic E-state index is 0.388. The maximum absolute atomic E-state index is 5.57. The quantitative estimate of drug-likeness (QED) is 0.477. The molecular formula is C21H24N4O3. The van der Waals surface area contributed by atoms with E-state index in [0.29, 0.717) is 29.9 Å². The zero-order valence-corrected chi connectivity index (χ0v) is 16.2. The van der Waals surface area contributed by atoms with E-state index < -0.39 is 0 Å². The van der Waals surface area contributed by atoms with Crippen molar-refractivity contribution in [1.29, 1.82) is 0 Å². The van der Waals surface area contributed by atoms with E-state index in [1.54, 1.807) is 20.5 Å². The highest BCUT2D eigenvalue weighted by molar-refractivity contribution is 5.93. The van der Waals surface area contributed by atoms with Gasteiger partial charge in [0, 0.05) is 23.9 Å². The normalized spacial score (nSPS) is 11.2. The lowest BCUT2D eigenvalue weighted by molar-refractivity contribution is 0.355. The van der Waals surface area contributed by atoms with Gasteiger partial charge in [0.15, 0.2) is 17.5 Å². The van der Waals surface area contributed by atoms with Crippen LogP contribution in [-0.4, -0.2) is 31.7 Å². The summed E-state index contributed by atoms with van der Waals surface area (Å²) in [5, 5.41) is 6.47. The summed E-state index contributed by atoms with van der Waals surface area (Å²) in [6.45, 7) is 3.13. The summed E-state index contributed by atoms with van der Waals surface area (Å²) in [7, 11) is 3.22. The summed E-state index contributed by atoms with van der Waals surface area (Å²) in [5.74, 6) is 2.54. The maximum Gasteiger partial charge on any atom is 0.226 e. The summed E-state index contributed by atoms with van der Waals surface area (Å²) < 4.78 is 16.2. The van der Waals surface area contributed by atoms with Crippen LogP contribution in [0.3, 0.4) is 0 Å². The summed E-state index contributed by atoms with van der Waals surface area (Å²) in [5.41, 5.74) is 2.53. The fourth-order valence-electron chi connectivity index (χ4n) is 2.61. The zero-order chi connectivity index (χ0) is 19.8. The third-order valence-electron chi connectivity index (χ3n) is 3.96. The van der Waals surface area contributed by atoms with Gasteiger partial charge in [-0.2, -0.15) is 0 Å². The molecule has 0 aliphatic heterocycles. The Morgan fingerprint density at radius 2 is 1.86 bits per heavy atom. The predicted molar refractivity (Wildman–Crippen MR) is 110 cm³/mol. The van der Waals surface area contributed by atoms with Gasteiger partial charge in [-0.3, -0.25) is 0 Å². The first-order valence-electron chi connectivity index (χ1n) is 9.00. The van der Waals surface area contributed by atoms with Crippen molar-refractivity contribution in [2.75, 3.05) is 26.1 Å². The van der Waals surface area contributed by atoms with E-state index in [4.69, 9.17) is 13.9 Å². The molecule has 0 saturated heterocycles. The highest BCUT2D eigenvalue weighted by atomic mass is 16.5. The van der Waals surface area contributed by atoms with Gasteiger partial charge in [0.1, 0.15) is 12.0 Å². The Bertz CT molecular complexity index is 922. The Kier molecular flexibility index (Phi) is 6.51. The Morgan fingerprint density at radius 3 is 2.57 bits per heavy atom. The van der Waals surface area contributed by atoms with Gasteiger partial charge in [0.25, 0.3) is 0 Å². The van der Waals surface area contributed by atoms with Crippen molar-refractivity contribution >= 4 is 11.6 Å².